The molecule has 0 atom stereocenters. The van der Waals surface area contributed by atoms with E-state index in [4.69, 9.17) is 16.3 Å². The fourth-order valence-corrected chi connectivity index (χ4v) is 1.87. The molecule has 0 aliphatic carbocycles. The van der Waals surface area contributed by atoms with Gasteiger partial charge in [-0.1, -0.05) is 17.7 Å². The van der Waals surface area contributed by atoms with Crippen molar-refractivity contribution in [2.24, 2.45) is 0 Å². The summed E-state index contributed by atoms with van der Waals surface area (Å²) in [5, 5.41) is 0.640. The third-order valence-corrected chi connectivity index (χ3v) is 3.28. The lowest BCUT2D eigenvalue weighted by molar-refractivity contribution is -0.132. The Kier molecular flexibility index (Phi) is 5.58. The summed E-state index contributed by atoms with van der Waals surface area (Å²) in [6.45, 7) is 0.625. The third-order valence-electron chi connectivity index (χ3n) is 3.03. The molecule has 110 valence electrons. The van der Waals surface area contributed by atoms with E-state index in [9.17, 15) is 4.79 Å². The molecule has 4 nitrogen and oxygen atoms in total. The number of rotatable bonds is 6. The SMILES string of the molecule is CN(CCc1ccccn1)C(=O)COc1ccc(Cl)cc1. The minimum atomic E-state index is -0.0686. The first-order valence-electron chi connectivity index (χ1n) is 6.67. The molecular weight excluding hydrogens is 288 g/mol. The van der Waals surface area contributed by atoms with Gasteiger partial charge in [-0.15, -0.1) is 0 Å². The van der Waals surface area contributed by atoms with Crippen LogP contribution in [0.2, 0.25) is 5.02 Å². The van der Waals surface area contributed by atoms with E-state index in [0.29, 0.717) is 17.3 Å². The van der Waals surface area contributed by atoms with Crippen LogP contribution in [-0.2, 0) is 11.2 Å². The molecule has 0 saturated carbocycles. The molecule has 1 amide bonds. The Morgan fingerprint density at radius 2 is 2.00 bits per heavy atom. The number of likely N-dealkylation sites (N-methyl/N-ethyl adjacent to an activating group) is 1. The van der Waals surface area contributed by atoms with Crippen LogP contribution in [0.4, 0.5) is 0 Å². The van der Waals surface area contributed by atoms with E-state index in [2.05, 4.69) is 4.98 Å². The van der Waals surface area contributed by atoms with Gasteiger partial charge in [0.15, 0.2) is 6.61 Å². The van der Waals surface area contributed by atoms with Gasteiger partial charge in [0.1, 0.15) is 5.75 Å². The minimum absolute atomic E-state index is 0.0142. The molecule has 0 spiro atoms. The van der Waals surface area contributed by atoms with Crippen molar-refractivity contribution in [3.8, 4) is 5.75 Å². The summed E-state index contributed by atoms with van der Waals surface area (Å²) < 4.78 is 5.43. The van der Waals surface area contributed by atoms with Crippen LogP contribution in [0.15, 0.2) is 48.7 Å². The van der Waals surface area contributed by atoms with Crippen LogP contribution in [-0.4, -0.2) is 36.0 Å². The van der Waals surface area contributed by atoms with Crippen LogP contribution in [0.25, 0.3) is 0 Å². The highest BCUT2D eigenvalue weighted by molar-refractivity contribution is 6.30. The molecule has 21 heavy (non-hydrogen) atoms. The summed E-state index contributed by atoms with van der Waals surface area (Å²) in [7, 11) is 1.76. The number of pyridine rings is 1. The summed E-state index contributed by atoms with van der Waals surface area (Å²) >= 11 is 5.79. The average molecular weight is 305 g/mol. The summed E-state index contributed by atoms with van der Waals surface area (Å²) in [6, 6.07) is 12.7. The molecule has 0 unspecified atom stereocenters. The van der Waals surface area contributed by atoms with E-state index in [1.165, 1.54) is 0 Å². The number of hydrogen-bond donors (Lipinski definition) is 0. The van der Waals surface area contributed by atoms with Gasteiger partial charge in [0.05, 0.1) is 0 Å². The predicted molar refractivity (Wildman–Crippen MR) is 82.5 cm³/mol. The molecule has 1 heterocycles. The van der Waals surface area contributed by atoms with E-state index in [1.807, 2.05) is 18.2 Å². The number of nitrogens with zero attached hydrogens (tertiary/aromatic N) is 2. The first kappa shape index (κ1) is 15.3. The van der Waals surface area contributed by atoms with Crippen LogP contribution in [0, 0.1) is 0 Å². The zero-order valence-electron chi connectivity index (χ0n) is 11.8. The quantitative estimate of drug-likeness (QED) is 0.824. The first-order valence-corrected chi connectivity index (χ1v) is 7.05. The predicted octanol–water partition coefficient (Wildman–Crippen LogP) is 2.81. The van der Waals surface area contributed by atoms with Crippen molar-refractivity contribution in [2.45, 2.75) is 6.42 Å². The van der Waals surface area contributed by atoms with Crippen LogP contribution in [0.3, 0.4) is 0 Å². The van der Waals surface area contributed by atoms with E-state index in [0.717, 1.165) is 12.1 Å². The van der Waals surface area contributed by atoms with Crippen molar-refractivity contribution in [1.29, 1.82) is 0 Å². The minimum Gasteiger partial charge on any atom is -0.484 e. The molecule has 0 radical (unpaired) electrons. The Hall–Kier alpha value is -2.07. The van der Waals surface area contributed by atoms with Gasteiger partial charge in [-0.2, -0.15) is 0 Å². The van der Waals surface area contributed by atoms with Gasteiger partial charge in [0, 0.05) is 36.9 Å². The van der Waals surface area contributed by atoms with Gasteiger partial charge in [0.2, 0.25) is 0 Å². The van der Waals surface area contributed by atoms with E-state index < -0.39 is 0 Å². The standard InChI is InChI=1S/C16H17ClN2O2/c1-19(11-9-14-4-2-3-10-18-14)16(20)12-21-15-7-5-13(17)6-8-15/h2-8,10H,9,11-12H2,1H3. The fraction of sp³-hybridized carbons (Fsp3) is 0.250. The van der Waals surface area contributed by atoms with Crippen molar-refractivity contribution in [3.05, 3.63) is 59.4 Å². The van der Waals surface area contributed by atoms with Crippen LogP contribution >= 0.6 is 11.6 Å². The Balaban J connectivity index is 1.76. The fourth-order valence-electron chi connectivity index (χ4n) is 1.74. The largest absolute Gasteiger partial charge is 0.484 e. The monoisotopic (exact) mass is 304 g/mol. The molecule has 0 N–H and O–H groups in total. The lowest BCUT2D eigenvalue weighted by Crippen LogP contribution is -2.33. The number of aromatic nitrogens is 1. The highest BCUT2D eigenvalue weighted by atomic mass is 35.5. The van der Waals surface area contributed by atoms with Gasteiger partial charge in [-0.3, -0.25) is 9.78 Å². The average Bonchev–Trinajstić information content (AvgIpc) is 2.52. The molecule has 0 aliphatic heterocycles. The van der Waals surface area contributed by atoms with Gasteiger partial charge in [-0.05, 0) is 36.4 Å². The smallest absolute Gasteiger partial charge is 0.260 e. The summed E-state index contributed by atoms with van der Waals surface area (Å²) in [5.74, 6) is 0.562. The second-order valence-corrected chi connectivity index (χ2v) is 5.07. The number of amides is 1. The van der Waals surface area contributed by atoms with Crippen LogP contribution in [0.5, 0.6) is 5.75 Å². The number of carbonyl (C=O) groups is 1. The van der Waals surface area contributed by atoms with E-state index >= 15 is 0 Å². The molecule has 2 aromatic rings. The van der Waals surface area contributed by atoms with Crippen molar-refractivity contribution in [3.63, 3.8) is 0 Å². The maximum Gasteiger partial charge on any atom is 0.260 e. The van der Waals surface area contributed by atoms with Gasteiger partial charge in [0.25, 0.3) is 5.91 Å². The number of hydrogen-bond acceptors (Lipinski definition) is 3. The summed E-state index contributed by atoms with van der Waals surface area (Å²) in [4.78, 5) is 17.8. The Bertz CT molecular complexity index is 573. The van der Waals surface area contributed by atoms with Crippen LogP contribution < -0.4 is 4.74 Å². The number of ether oxygens (including phenoxy) is 1. The number of halogens is 1. The highest BCUT2D eigenvalue weighted by Gasteiger charge is 2.09. The molecule has 1 aromatic heterocycles. The van der Waals surface area contributed by atoms with Crippen LogP contribution in [0.1, 0.15) is 5.69 Å². The number of carbonyl (C=O) groups excluding carboxylic acids is 1. The van der Waals surface area contributed by atoms with Gasteiger partial charge in [-0.25, -0.2) is 0 Å². The van der Waals surface area contributed by atoms with Crippen molar-refractivity contribution >= 4 is 17.5 Å². The topological polar surface area (TPSA) is 42.4 Å². The molecule has 0 aliphatic rings. The Morgan fingerprint density at radius 1 is 1.24 bits per heavy atom. The molecular formula is C16H17ClN2O2. The third kappa shape index (κ3) is 5.08. The van der Waals surface area contributed by atoms with Crippen molar-refractivity contribution in [1.82, 2.24) is 9.88 Å². The lowest BCUT2D eigenvalue weighted by atomic mass is 10.2. The molecule has 5 heteroatoms. The normalized spacial score (nSPS) is 10.2. The Morgan fingerprint density at radius 3 is 2.67 bits per heavy atom. The second-order valence-electron chi connectivity index (χ2n) is 4.63. The first-order chi connectivity index (χ1) is 10.1. The molecule has 0 fully saturated rings. The summed E-state index contributed by atoms with van der Waals surface area (Å²) in [5.41, 5.74) is 0.968. The molecule has 0 saturated heterocycles. The van der Waals surface area contributed by atoms with Crippen molar-refractivity contribution < 1.29 is 9.53 Å². The van der Waals surface area contributed by atoms with Crippen molar-refractivity contribution in [2.75, 3.05) is 20.2 Å². The lowest BCUT2D eigenvalue weighted by Gasteiger charge is -2.17. The molecule has 1 aromatic carbocycles. The maximum atomic E-state index is 12.0. The van der Waals surface area contributed by atoms with Gasteiger partial charge >= 0.3 is 0 Å². The number of benzene rings is 1. The van der Waals surface area contributed by atoms with E-state index in [-0.39, 0.29) is 12.5 Å². The molecule has 0 bridgehead atoms. The highest BCUT2D eigenvalue weighted by Crippen LogP contribution is 2.15. The maximum absolute atomic E-state index is 12.0. The zero-order chi connectivity index (χ0) is 15.1. The van der Waals surface area contributed by atoms with Gasteiger partial charge < -0.3 is 9.64 Å². The van der Waals surface area contributed by atoms with E-state index in [1.54, 1.807) is 42.4 Å². The second kappa shape index (κ2) is 7.64. The summed E-state index contributed by atoms with van der Waals surface area (Å²) in [6.07, 6.45) is 2.48. The Labute approximate surface area is 129 Å². The zero-order valence-corrected chi connectivity index (χ0v) is 12.6. The molecule has 2 rings (SSSR count).